The van der Waals surface area contributed by atoms with Crippen molar-refractivity contribution in [3.8, 4) is 0 Å². The van der Waals surface area contributed by atoms with Gasteiger partial charge in [-0.2, -0.15) is 0 Å². The third-order valence-electron chi connectivity index (χ3n) is 3.16. The minimum Gasteiger partial charge on any atom is -0.463 e. The molecule has 0 atom stereocenters. The van der Waals surface area contributed by atoms with Gasteiger partial charge in [-0.25, -0.2) is 0 Å². The fourth-order valence-corrected chi connectivity index (χ4v) is 2.21. The zero-order valence-electron chi connectivity index (χ0n) is 12.4. The van der Waals surface area contributed by atoms with Crippen molar-refractivity contribution in [3.63, 3.8) is 0 Å². The number of rotatable bonds is 8. The highest BCUT2D eigenvalue weighted by Gasteiger charge is 2.06. The molecule has 1 aromatic carbocycles. The smallest absolute Gasteiger partial charge is 0.118 e. The SMILES string of the molecule is CCCNCc1ccc(CN(C)Cc2ccccc2)o1. The summed E-state index contributed by atoms with van der Waals surface area (Å²) in [5.41, 5.74) is 1.33. The van der Waals surface area contributed by atoms with Gasteiger partial charge in [0, 0.05) is 6.54 Å². The minimum absolute atomic E-state index is 0.816. The van der Waals surface area contributed by atoms with Crippen molar-refractivity contribution in [1.82, 2.24) is 10.2 Å². The molecule has 0 saturated carbocycles. The van der Waals surface area contributed by atoms with Crippen molar-refractivity contribution in [2.45, 2.75) is 33.0 Å². The summed E-state index contributed by atoms with van der Waals surface area (Å²) in [6.07, 6.45) is 1.15. The van der Waals surface area contributed by atoms with E-state index < -0.39 is 0 Å². The first kappa shape index (κ1) is 14.8. The lowest BCUT2D eigenvalue weighted by molar-refractivity contribution is 0.282. The second kappa shape index (κ2) is 7.88. The van der Waals surface area contributed by atoms with Crippen LogP contribution in [-0.4, -0.2) is 18.5 Å². The summed E-state index contributed by atoms with van der Waals surface area (Å²) in [7, 11) is 2.12. The van der Waals surface area contributed by atoms with Crippen molar-refractivity contribution in [2.24, 2.45) is 0 Å². The van der Waals surface area contributed by atoms with Crippen LogP contribution in [0.4, 0.5) is 0 Å². The van der Waals surface area contributed by atoms with Gasteiger partial charge in [0.25, 0.3) is 0 Å². The molecular formula is C17H24N2O. The zero-order chi connectivity index (χ0) is 14.2. The lowest BCUT2D eigenvalue weighted by Gasteiger charge is -2.15. The summed E-state index contributed by atoms with van der Waals surface area (Å²) in [5.74, 6) is 2.04. The molecule has 0 aliphatic heterocycles. The summed E-state index contributed by atoms with van der Waals surface area (Å²) in [5, 5.41) is 3.35. The highest BCUT2D eigenvalue weighted by molar-refractivity contribution is 5.14. The molecule has 0 radical (unpaired) electrons. The summed E-state index contributed by atoms with van der Waals surface area (Å²) >= 11 is 0. The van der Waals surface area contributed by atoms with Gasteiger partial charge in [-0.05, 0) is 37.7 Å². The standard InChI is InChI=1S/C17H24N2O/c1-3-11-18-12-16-9-10-17(20-16)14-19(2)13-15-7-5-4-6-8-15/h4-10,18H,3,11-14H2,1-2H3. The average Bonchev–Trinajstić information content (AvgIpc) is 2.87. The minimum atomic E-state index is 0.816. The lowest BCUT2D eigenvalue weighted by Crippen LogP contribution is -2.16. The molecule has 3 heteroatoms. The highest BCUT2D eigenvalue weighted by Crippen LogP contribution is 2.12. The predicted octanol–water partition coefficient (Wildman–Crippen LogP) is 3.41. The fourth-order valence-electron chi connectivity index (χ4n) is 2.21. The average molecular weight is 272 g/mol. The van der Waals surface area contributed by atoms with Crippen molar-refractivity contribution < 1.29 is 4.42 Å². The van der Waals surface area contributed by atoms with Gasteiger partial charge < -0.3 is 9.73 Å². The largest absolute Gasteiger partial charge is 0.463 e. The third-order valence-corrected chi connectivity index (χ3v) is 3.16. The van der Waals surface area contributed by atoms with E-state index >= 15 is 0 Å². The van der Waals surface area contributed by atoms with Gasteiger partial charge >= 0.3 is 0 Å². The molecule has 20 heavy (non-hydrogen) atoms. The molecule has 0 fully saturated rings. The number of benzene rings is 1. The van der Waals surface area contributed by atoms with E-state index in [2.05, 4.69) is 60.6 Å². The molecule has 1 N–H and O–H groups in total. The molecule has 0 aliphatic rings. The Kier molecular flexibility index (Phi) is 5.84. The van der Waals surface area contributed by atoms with Gasteiger partial charge in [0.05, 0.1) is 13.1 Å². The Morgan fingerprint density at radius 1 is 1.00 bits per heavy atom. The molecule has 0 spiro atoms. The molecule has 108 valence electrons. The Bertz CT molecular complexity index is 493. The van der Waals surface area contributed by atoms with Gasteiger partial charge in [-0.15, -0.1) is 0 Å². The summed E-state index contributed by atoms with van der Waals surface area (Å²) in [6.45, 7) is 5.78. The van der Waals surface area contributed by atoms with Crippen LogP contribution in [0.25, 0.3) is 0 Å². The number of hydrogen-bond donors (Lipinski definition) is 1. The van der Waals surface area contributed by atoms with Crippen LogP contribution in [-0.2, 0) is 19.6 Å². The molecule has 0 saturated heterocycles. The van der Waals surface area contributed by atoms with E-state index in [9.17, 15) is 0 Å². The van der Waals surface area contributed by atoms with Crippen molar-refractivity contribution in [1.29, 1.82) is 0 Å². The van der Waals surface area contributed by atoms with Crippen LogP contribution in [0.3, 0.4) is 0 Å². The normalized spacial score (nSPS) is 11.2. The molecule has 0 amide bonds. The van der Waals surface area contributed by atoms with Crippen molar-refractivity contribution in [2.75, 3.05) is 13.6 Å². The molecule has 0 aliphatic carbocycles. The Hall–Kier alpha value is -1.58. The molecule has 0 unspecified atom stereocenters. The Morgan fingerprint density at radius 3 is 2.50 bits per heavy atom. The number of nitrogens with one attached hydrogen (secondary N) is 1. The zero-order valence-corrected chi connectivity index (χ0v) is 12.4. The maximum Gasteiger partial charge on any atom is 0.118 e. The summed E-state index contributed by atoms with van der Waals surface area (Å²) < 4.78 is 5.83. The van der Waals surface area contributed by atoms with Gasteiger partial charge in [0.15, 0.2) is 0 Å². The molecule has 1 heterocycles. The van der Waals surface area contributed by atoms with Crippen LogP contribution in [0.5, 0.6) is 0 Å². The van der Waals surface area contributed by atoms with E-state index in [1.807, 2.05) is 6.07 Å². The van der Waals surface area contributed by atoms with Crippen molar-refractivity contribution >= 4 is 0 Å². The molecule has 0 bridgehead atoms. The van der Waals surface area contributed by atoms with Crippen LogP contribution < -0.4 is 5.32 Å². The quantitative estimate of drug-likeness (QED) is 0.746. The number of hydrogen-bond acceptors (Lipinski definition) is 3. The second-order valence-corrected chi connectivity index (χ2v) is 5.20. The van der Waals surface area contributed by atoms with Crippen LogP contribution >= 0.6 is 0 Å². The molecule has 3 nitrogen and oxygen atoms in total. The van der Waals surface area contributed by atoms with Crippen molar-refractivity contribution in [3.05, 3.63) is 59.5 Å². The topological polar surface area (TPSA) is 28.4 Å². The highest BCUT2D eigenvalue weighted by atomic mass is 16.3. The summed E-state index contributed by atoms with van der Waals surface area (Å²) in [4.78, 5) is 2.26. The van der Waals surface area contributed by atoms with E-state index in [4.69, 9.17) is 4.42 Å². The second-order valence-electron chi connectivity index (χ2n) is 5.20. The fraction of sp³-hybridized carbons (Fsp3) is 0.412. The van der Waals surface area contributed by atoms with E-state index in [1.54, 1.807) is 0 Å². The van der Waals surface area contributed by atoms with Gasteiger partial charge in [-0.3, -0.25) is 4.90 Å². The first-order valence-electron chi connectivity index (χ1n) is 7.28. The maximum absolute atomic E-state index is 5.83. The van der Waals surface area contributed by atoms with Gasteiger partial charge in [-0.1, -0.05) is 37.3 Å². The Labute approximate surface area is 121 Å². The Morgan fingerprint density at radius 2 is 1.75 bits per heavy atom. The maximum atomic E-state index is 5.83. The third kappa shape index (κ3) is 4.83. The van der Waals surface area contributed by atoms with E-state index in [-0.39, 0.29) is 0 Å². The lowest BCUT2D eigenvalue weighted by atomic mass is 10.2. The number of nitrogens with zero attached hydrogens (tertiary/aromatic N) is 1. The van der Waals surface area contributed by atoms with E-state index in [1.165, 1.54) is 5.56 Å². The number of furan rings is 1. The molecule has 2 aromatic rings. The van der Waals surface area contributed by atoms with Crippen LogP contribution in [0.2, 0.25) is 0 Å². The van der Waals surface area contributed by atoms with E-state index in [0.29, 0.717) is 0 Å². The Balaban J connectivity index is 1.80. The monoisotopic (exact) mass is 272 g/mol. The van der Waals surface area contributed by atoms with Gasteiger partial charge in [0.2, 0.25) is 0 Å². The van der Waals surface area contributed by atoms with Crippen LogP contribution in [0.1, 0.15) is 30.4 Å². The predicted molar refractivity (Wildman–Crippen MR) is 82.3 cm³/mol. The van der Waals surface area contributed by atoms with E-state index in [0.717, 1.165) is 44.1 Å². The molecule has 1 aromatic heterocycles. The van der Waals surface area contributed by atoms with Crippen LogP contribution in [0.15, 0.2) is 46.9 Å². The summed E-state index contributed by atoms with van der Waals surface area (Å²) in [6, 6.07) is 14.6. The molecule has 2 rings (SSSR count). The first-order chi connectivity index (χ1) is 9.78. The first-order valence-corrected chi connectivity index (χ1v) is 7.28. The van der Waals surface area contributed by atoms with Gasteiger partial charge in [0.1, 0.15) is 11.5 Å². The molecular weight excluding hydrogens is 248 g/mol. The van der Waals surface area contributed by atoms with Crippen LogP contribution in [0, 0.1) is 0 Å².